The van der Waals surface area contributed by atoms with Crippen LogP contribution in [0, 0.1) is 0 Å². The first-order chi connectivity index (χ1) is 8.61. The Morgan fingerprint density at radius 1 is 1.44 bits per heavy atom. The second-order valence-corrected chi connectivity index (χ2v) is 4.05. The standard InChI is InChI=1S/C14H21NO3/c1-4-6-13(16)12-8-7-11(9-10-18-5-2)15(3)14(12)17/h6-8,16H,4-5,9-10H2,1-3H3/b13-6+. The van der Waals surface area contributed by atoms with Crippen LogP contribution in [0.2, 0.25) is 0 Å². The number of aromatic nitrogens is 1. The molecule has 0 aromatic carbocycles. The minimum atomic E-state index is -0.175. The van der Waals surface area contributed by atoms with Crippen LogP contribution in [0.3, 0.4) is 0 Å². The molecular formula is C14H21NO3. The first-order valence-corrected chi connectivity index (χ1v) is 6.27. The zero-order chi connectivity index (χ0) is 13.5. The Bertz CT molecular complexity index is 474. The third-order valence-electron chi connectivity index (χ3n) is 2.79. The Labute approximate surface area is 108 Å². The van der Waals surface area contributed by atoms with Gasteiger partial charge in [0.25, 0.3) is 5.56 Å². The van der Waals surface area contributed by atoms with Crippen molar-refractivity contribution < 1.29 is 9.84 Å². The second kappa shape index (κ2) is 7.01. The van der Waals surface area contributed by atoms with Gasteiger partial charge >= 0.3 is 0 Å². The van der Waals surface area contributed by atoms with E-state index in [1.807, 2.05) is 19.9 Å². The molecule has 1 heterocycles. The molecule has 1 N–H and O–H groups in total. The highest BCUT2D eigenvalue weighted by molar-refractivity contribution is 5.57. The topological polar surface area (TPSA) is 51.5 Å². The van der Waals surface area contributed by atoms with E-state index in [0.29, 0.717) is 31.6 Å². The Hall–Kier alpha value is -1.55. The smallest absolute Gasteiger partial charge is 0.261 e. The number of hydrogen-bond donors (Lipinski definition) is 1. The van der Waals surface area contributed by atoms with E-state index in [-0.39, 0.29) is 11.3 Å². The summed E-state index contributed by atoms with van der Waals surface area (Å²) in [5.41, 5.74) is 1.08. The van der Waals surface area contributed by atoms with Crippen LogP contribution in [0.15, 0.2) is 23.0 Å². The fourth-order valence-electron chi connectivity index (χ4n) is 1.74. The fourth-order valence-corrected chi connectivity index (χ4v) is 1.74. The molecule has 0 radical (unpaired) electrons. The molecule has 0 saturated heterocycles. The maximum absolute atomic E-state index is 12.1. The number of ether oxygens (including phenoxy) is 1. The lowest BCUT2D eigenvalue weighted by molar-refractivity contribution is 0.149. The summed E-state index contributed by atoms with van der Waals surface area (Å²) in [5.74, 6) is 0.0504. The first kappa shape index (κ1) is 14.5. The van der Waals surface area contributed by atoms with Gasteiger partial charge < -0.3 is 14.4 Å². The van der Waals surface area contributed by atoms with Crippen LogP contribution in [0.4, 0.5) is 0 Å². The van der Waals surface area contributed by atoms with E-state index >= 15 is 0 Å². The minimum Gasteiger partial charge on any atom is -0.507 e. The third-order valence-corrected chi connectivity index (χ3v) is 2.79. The highest BCUT2D eigenvalue weighted by Gasteiger charge is 2.08. The van der Waals surface area contributed by atoms with E-state index in [4.69, 9.17) is 4.74 Å². The zero-order valence-corrected chi connectivity index (χ0v) is 11.3. The summed E-state index contributed by atoms with van der Waals surface area (Å²) < 4.78 is 6.84. The molecule has 1 rings (SSSR count). The van der Waals surface area contributed by atoms with Gasteiger partial charge in [-0.2, -0.15) is 0 Å². The first-order valence-electron chi connectivity index (χ1n) is 6.27. The summed E-state index contributed by atoms with van der Waals surface area (Å²) in [5, 5.41) is 9.75. The van der Waals surface area contributed by atoms with Crippen molar-refractivity contribution in [2.75, 3.05) is 13.2 Å². The van der Waals surface area contributed by atoms with Gasteiger partial charge in [0.2, 0.25) is 0 Å². The van der Waals surface area contributed by atoms with Gasteiger partial charge in [0.05, 0.1) is 12.2 Å². The van der Waals surface area contributed by atoms with Gasteiger partial charge in [-0.05, 0) is 31.6 Å². The molecule has 0 aliphatic rings. The van der Waals surface area contributed by atoms with Gasteiger partial charge in [0.1, 0.15) is 5.76 Å². The summed E-state index contributed by atoms with van der Waals surface area (Å²) in [7, 11) is 1.71. The maximum Gasteiger partial charge on any atom is 0.261 e. The molecule has 0 saturated carbocycles. The number of allylic oxidation sites excluding steroid dienone is 1. The van der Waals surface area contributed by atoms with E-state index < -0.39 is 0 Å². The molecule has 0 atom stereocenters. The Morgan fingerprint density at radius 3 is 2.78 bits per heavy atom. The van der Waals surface area contributed by atoms with E-state index in [1.165, 1.54) is 0 Å². The van der Waals surface area contributed by atoms with E-state index in [2.05, 4.69) is 0 Å². The largest absolute Gasteiger partial charge is 0.507 e. The van der Waals surface area contributed by atoms with Crippen LogP contribution in [0.1, 0.15) is 31.5 Å². The van der Waals surface area contributed by atoms with Crippen LogP contribution in [0.25, 0.3) is 5.76 Å². The summed E-state index contributed by atoms with van der Waals surface area (Å²) in [4.78, 5) is 12.1. The van der Waals surface area contributed by atoms with Crippen LogP contribution < -0.4 is 5.56 Å². The van der Waals surface area contributed by atoms with Crippen molar-refractivity contribution in [2.24, 2.45) is 7.05 Å². The average Bonchev–Trinajstić information content (AvgIpc) is 2.35. The van der Waals surface area contributed by atoms with Gasteiger partial charge in [-0.3, -0.25) is 4.79 Å². The average molecular weight is 251 g/mol. The lowest BCUT2D eigenvalue weighted by Crippen LogP contribution is -2.24. The molecule has 100 valence electrons. The van der Waals surface area contributed by atoms with Crippen molar-refractivity contribution >= 4 is 5.76 Å². The molecule has 4 nitrogen and oxygen atoms in total. The molecule has 0 spiro atoms. The monoisotopic (exact) mass is 251 g/mol. The van der Waals surface area contributed by atoms with Crippen molar-refractivity contribution in [3.05, 3.63) is 39.8 Å². The van der Waals surface area contributed by atoms with Crippen molar-refractivity contribution in [2.45, 2.75) is 26.7 Å². The van der Waals surface area contributed by atoms with Crippen molar-refractivity contribution in [1.82, 2.24) is 4.57 Å². The number of nitrogens with zero attached hydrogens (tertiary/aromatic N) is 1. The summed E-state index contributed by atoms with van der Waals surface area (Å²) in [6, 6.07) is 3.53. The van der Waals surface area contributed by atoms with Gasteiger partial charge in [0.15, 0.2) is 0 Å². The third kappa shape index (κ3) is 3.47. The lowest BCUT2D eigenvalue weighted by atomic mass is 10.1. The molecule has 0 amide bonds. The predicted molar refractivity (Wildman–Crippen MR) is 72.8 cm³/mol. The molecule has 1 aromatic rings. The highest BCUT2D eigenvalue weighted by atomic mass is 16.5. The van der Waals surface area contributed by atoms with Crippen LogP contribution in [-0.4, -0.2) is 22.9 Å². The normalized spacial score (nSPS) is 11.8. The van der Waals surface area contributed by atoms with Gasteiger partial charge in [-0.25, -0.2) is 0 Å². The highest BCUT2D eigenvalue weighted by Crippen LogP contribution is 2.09. The lowest BCUT2D eigenvalue weighted by Gasteiger charge is -2.10. The van der Waals surface area contributed by atoms with E-state index in [1.54, 1.807) is 23.8 Å². The number of aliphatic hydroxyl groups is 1. The number of hydrogen-bond acceptors (Lipinski definition) is 3. The minimum absolute atomic E-state index is 0.0504. The Kier molecular flexibility index (Phi) is 5.65. The molecule has 0 bridgehead atoms. The molecule has 0 unspecified atom stereocenters. The van der Waals surface area contributed by atoms with Gasteiger partial charge in [-0.15, -0.1) is 0 Å². The predicted octanol–water partition coefficient (Wildman–Crippen LogP) is 2.27. The quantitative estimate of drug-likeness (QED) is 0.623. The van der Waals surface area contributed by atoms with E-state index in [0.717, 1.165) is 5.69 Å². The SMILES string of the molecule is CC/C=C(/O)c1ccc(CCOCC)n(C)c1=O. The van der Waals surface area contributed by atoms with E-state index in [9.17, 15) is 9.90 Å². The Balaban J connectivity index is 2.98. The summed E-state index contributed by atoms with van der Waals surface area (Å²) >= 11 is 0. The second-order valence-electron chi connectivity index (χ2n) is 4.05. The zero-order valence-electron chi connectivity index (χ0n) is 11.3. The van der Waals surface area contributed by atoms with Gasteiger partial charge in [-0.1, -0.05) is 6.92 Å². The summed E-state index contributed by atoms with van der Waals surface area (Å²) in [6.45, 7) is 5.12. The van der Waals surface area contributed by atoms with Crippen LogP contribution in [0.5, 0.6) is 0 Å². The van der Waals surface area contributed by atoms with Crippen LogP contribution >= 0.6 is 0 Å². The molecular weight excluding hydrogens is 230 g/mol. The Morgan fingerprint density at radius 2 is 2.17 bits per heavy atom. The maximum atomic E-state index is 12.1. The number of pyridine rings is 1. The molecule has 18 heavy (non-hydrogen) atoms. The van der Waals surface area contributed by atoms with Gasteiger partial charge in [0, 0.05) is 25.8 Å². The van der Waals surface area contributed by atoms with Crippen molar-refractivity contribution in [1.29, 1.82) is 0 Å². The summed E-state index contributed by atoms with van der Waals surface area (Å²) in [6.07, 6.45) is 3.02. The molecule has 4 heteroatoms. The molecule has 1 aromatic heterocycles. The number of rotatable bonds is 6. The van der Waals surface area contributed by atoms with Crippen molar-refractivity contribution in [3.63, 3.8) is 0 Å². The number of aliphatic hydroxyl groups excluding tert-OH is 1. The van der Waals surface area contributed by atoms with Crippen molar-refractivity contribution in [3.8, 4) is 0 Å². The van der Waals surface area contributed by atoms with Crippen LogP contribution in [-0.2, 0) is 18.2 Å². The molecule has 0 aliphatic carbocycles. The molecule has 0 aliphatic heterocycles. The fraction of sp³-hybridized carbons (Fsp3) is 0.500. The molecule has 0 fully saturated rings.